The second kappa shape index (κ2) is 9.19. The third-order valence-corrected chi connectivity index (χ3v) is 6.14. The lowest BCUT2D eigenvalue weighted by molar-refractivity contribution is 0.306. The van der Waals surface area contributed by atoms with Crippen LogP contribution in [0.3, 0.4) is 0 Å². The Bertz CT molecular complexity index is 662. The summed E-state index contributed by atoms with van der Waals surface area (Å²) in [6, 6.07) is 0.244. The lowest BCUT2D eigenvalue weighted by atomic mass is 10.1. The number of hydrogen-bond acceptors (Lipinski definition) is 4. The van der Waals surface area contributed by atoms with Crippen LogP contribution in [0.1, 0.15) is 32.3 Å². The molecule has 0 spiro atoms. The summed E-state index contributed by atoms with van der Waals surface area (Å²) in [6.45, 7) is 9.04. The van der Waals surface area contributed by atoms with E-state index in [2.05, 4.69) is 20.7 Å². The van der Waals surface area contributed by atoms with Gasteiger partial charge < -0.3 is 10.6 Å². The number of piperidine rings is 1. The molecule has 0 aromatic carbocycles. The lowest BCUT2D eigenvalue weighted by Crippen LogP contribution is -2.50. The van der Waals surface area contributed by atoms with Crippen LogP contribution in [0.5, 0.6) is 0 Å². The van der Waals surface area contributed by atoms with Crippen LogP contribution in [0, 0.1) is 6.92 Å². The maximum atomic E-state index is 11.9. The smallest absolute Gasteiger partial charge is 0.213 e. The maximum Gasteiger partial charge on any atom is 0.213 e. The van der Waals surface area contributed by atoms with E-state index in [0.717, 1.165) is 37.5 Å². The first-order chi connectivity index (χ1) is 11.9. The average molecular weight is 371 g/mol. The van der Waals surface area contributed by atoms with Gasteiger partial charge in [-0.1, -0.05) is 0 Å². The summed E-state index contributed by atoms with van der Waals surface area (Å²) in [4.78, 5) is 4.60. The van der Waals surface area contributed by atoms with E-state index >= 15 is 0 Å². The minimum Gasteiger partial charge on any atom is -0.357 e. The van der Waals surface area contributed by atoms with Gasteiger partial charge in [-0.25, -0.2) is 12.7 Å². The molecular weight excluding hydrogens is 340 g/mol. The first kappa shape index (κ1) is 19.7. The number of aliphatic imine (C=N–C) groups is 1. The third kappa shape index (κ3) is 6.00. The average Bonchev–Trinajstić information content (AvgIpc) is 3.01. The molecule has 1 aliphatic heterocycles. The normalized spacial score (nSPS) is 17.6. The molecule has 0 saturated carbocycles. The topological polar surface area (TPSA) is 91.6 Å². The van der Waals surface area contributed by atoms with Gasteiger partial charge in [0.2, 0.25) is 10.0 Å². The molecule has 0 atom stereocenters. The van der Waals surface area contributed by atoms with Gasteiger partial charge >= 0.3 is 0 Å². The summed E-state index contributed by atoms with van der Waals surface area (Å²) < 4.78 is 27.3. The van der Waals surface area contributed by atoms with Crippen LogP contribution >= 0.6 is 0 Å². The molecule has 2 N–H and O–H groups in total. The molecule has 8 nitrogen and oxygen atoms in total. The highest BCUT2D eigenvalue weighted by molar-refractivity contribution is 7.89. The zero-order valence-corrected chi connectivity index (χ0v) is 16.2. The molecule has 0 bridgehead atoms. The Labute approximate surface area is 150 Å². The molecule has 1 aromatic rings. The monoisotopic (exact) mass is 370 g/mol. The fourth-order valence-electron chi connectivity index (χ4n) is 2.83. The Balaban J connectivity index is 1.83. The van der Waals surface area contributed by atoms with Crippen molar-refractivity contribution in [3.05, 3.63) is 18.0 Å². The molecule has 1 fully saturated rings. The molecule has 0 amide bonds. The van der Waals surface area contributed by atoms with Crippen molar-refractivity contribution in [3.8, 4) is 0 Å². The van der Waals surface area contributed by atoms with Gasteiger partial charge in [0.1, 0.15) is 0 Å². The molecule has 2 rings (SSSR count). The molecule has 1 aliphatic rings. The van der Waals surface area contributed by atoms with Crippen LogP contribution in [-0.4, -0.2) is 66.4 Å². The van der Waals surface area contributed by atoms with Crippen LogP contribution in [0.2, 0.25) is 0 Å². The van der Waals surface area contributed by atoms with Crippen LogP contribution in [0.15, 0.2) is 17.4 Å². The Morgan fingerprint density at radius 2 is 2.08 bits per heavy atom. The van der Waals surface area contributed by atoms with Gasteiger partial charge in [0.15, 0.2) is 5.96 Å². The van der Waals surface area contributed by atoms with Gasteiger partial charge in [0.25, 0.3) is 0 Å². The maximum absolute atomic E-state index is 11.9. The molecule has 0 aliphatic carbocycles. The number of hydrogen-bond donors (Lipinski definition) is 2. The van der Waals surface area contributed by atoms with Crippen LogP contribution in [0.25, 0.3) is 0 Å². The summed E-state index contributed by atoms with van der Waals surface area (Å²) in [5.41, 5.74) is 1.14. The van der Waals surface area contributed by atoms with Crippen molar-refractivity contribution in [1.29, 1.82) is 0 Å². The highest BCUT2D eigenvalue weighted by Crippen LogP contribution is 2.14. The van der Waals surface area contributed by atoms with Crippen molar-refractivity contribution >= 4 is 16.0 Å². The standard InChI is InChI=1S/C16H30N6O2S/c1-4-17-16(18-8-11-21-13-14(3)12-19-21)20-15-6-9-22(10-7-15)25(23,24)5-2/h12-13,15H,4-11H2,1-3H3,(H2,17,18,20). The molecule has 1 aromatic heterocycles. The molecular formula is C16H30N6O2S. The van der Waals surface area contributed by atoms with Gasteiger partial charge in [-0.15, -0.1) is 0 Å². The Kier molecular flexibility index (Phi) is 7.24. The third-order valence-electron chi connectivity index (χ3n) is 4.26. The minimum absolute atomic E-state index is 0.169. The summed E-state index contributed by atoms with van der Waals surface area (Å²) in [5, 5.41) is 10.9. The first-order valence-corrected chi connectivity index (χ1v) is 10.6. The molecule has 0 radical (unpaired) electrons. The van der Waals surface area contributed by atoms with E-state index in [1.54, 1.807) is 11.2 Å². The highest BCUT2D eigenvalue weighted by atomic mass is 32.2. The van der Waals surface area contributed by atoms with Crippen LogP contribution in [-0.2, 0) is 16.6 Å². The van der Waals surface area contributed by atoms with E-state index in [0.29, 0.717) is 19.6 Å². The zero-order valence-electron chi connectivity index (χ0n) is 15.4. The highest BCUT2D eigenvalue weighted by Gasteiger charge is 2.26. The largest absolute Gasteiger partial charge is 0.357 e. The first-order valence-electron chi connectivity index (χ1n) is 8.96. The van der Waals surface area contributed by atoms with Crippen molar-refractivity contribution < 1.29 is 8.42 Å². The summed E-state index contributed by atoms with van der Waals surface area (Å²) in [6.07, 6.45) is 5.43. The number of aromatic nitrogens is 2. The number of nitrogens with one attached hydrogen (secondary N) is 2. The van der Waals surface area contributed by atoms with Gasteiger partial charge in [0, 0.05) is 31.9 Å². The molecule has 9 heteroatoms. The van der Waals surface area contributed by atoms with Gasteiger partial charge in [-0.2, -0.15) is 5.10 Å². The number of nitrogens with zero attached hydrogens (tertiary/aromatic N) is 4. The van der Waals surface area contributed by atoms with E-state index in [9.17, 15) is 8.42 Å². The lowest BCUT2D eigenvalue weighted by Gasteiger charge is -2.32. The minimum atomic E-state index is -3.08. The fourth-order valence-corrected chi connectivity index (χ4v) is 3.96. The summed E-state index contributed by atoms with van der Waals surface area (Å²) >= 11 is 0. The number of rotatable bonds is 7. The molecule has 1 saturated heterocycles. The van der Waals surface area contributed by atoms with Crippen LogP contribution in [0.4, 0.5) is 0 Å². The summed E-state index contributed by atoms with van der Waals surface area (Å²) in [5.74, 6) is 0.949. The van der Waals surface area contributed by atoms with Crippen molar-refractivity contribution in [2.24, 2.45) is 4.99 Å². The van der Waals surface area contributed by atoms with Gasteiger partial charge in [-0.05, 0) is 39.2 Å². The Morgan fingerprint density at radius 1 is 1.36 bits per heavy atom. The summed E-state index contributed by atoms with van der Waals surface area (Å²) in [7, 11) is -3.08. The second-order valence-electron chi connectivity index (χ2n) is 6.26. The molecule has 0 unspecified atom stereocenters. The SMILES string of the molecule is CCNC(=NCCn1cc(C)cn1)NC1CCN(S(=O)(=O)CC)CC1. The van der Waals surface area contributed by atoms with E-state index in [4.69, 9.17) is 0 Å². The van der Waals surface area contributed by atoms with Crippen molar-refractivity contribution in [1.82, 2.24) is 24.7 Å². The molecule has 2 heterocycles. The predicted octanol–water partition coefficient (Wildman–Crippen LogP) is 0.561. The van der Waals surface area contributed by atoms with E-state index in [-0.39, 0.29) is 11.8 Å². The van der Waals surface area contributed by atoms with Gasteiger partial charge in [0.05, 0.1) is 25.0 Å². The molecule has 25 heavy (non-hydrogen) atoms. The predicted molar refractivity (Wildman–Crippen MR) is 100 cm³/mol. The Morgan fingerprint density at radius 3 is 2.64 bits per heavy atom. The fraction of sp³-hybridized carbons (Fsp3) is 0.750. The second-order valence-corrected chi connectivity index (χ2v) is 8.52. The van der Waals surface area contributed by atoms with E-state index in [1.807, 2.05) is 30.9 Å². The van der Waals surface area contributed by atoms with Crippen molar-refractivity contribution in [2.75, 3.05) is 31.9 Å². The zero-order chi connectivity index (χ0) is 18.3. The van der Waals surface area contributed by atoms with E-state index in [1.165, 1.54) is 0 Å². The van der Waals surface area contributed by atoms with Gasteiger partial charge in [-0.3, -0.25) is 9.67 Å². The van der Waals surface area contributed by atoms with Crippen LogP contribution < -0.4 is 10.6 Å². The quantitative estimate of drug-likeness (QED) is 0.541. The Hall–Kier alpha value is -1.61. The van der Waals surface area contributed by atoms with E-state index < -0.39 is 10.0 Å². The van der Waals surface area contributed by atoms with Crippen molar-refractivity contribution in [2.45, 2.75) is 46.2 Å². The number of sulfonamides is 1. The number of aryl methyl sites for hydroxylation is 1. The van der Waals surface area contributed by atoms with Crippen molar-refractivity contribution in [3.63, 3.8) is 0 Å². The molecule has 142 valence electrons. The number of guanidine groups is 1.